The molecule has 5 nitrogen and oxygen atoms in total. The van der Waals surface area contributed by atoms with Crippen molar-refractivity contribution in [3.8, 4) is 5.75 Å². The summed E-state index contributed by atoms with van der Waals surface area (Å²) >= 11 is 0. The molecule has 0 saturated carbocycles. The number of rotatable bonds is 8. The first-order chi connectivity index (χ1) is 11.5. The van der Waals surface area contributed by atoms with E-state index in [1.807, 2.05) is 0 Å². The number of hydrogen-bond acceptors (Lipinski definition) is 4. The van der Waals surface area contributed by atoms with Gasteiger partial charge in [0, 0.05) is 19.6 Å². The molecule has 1 aromatic rings. The lowest BCUT2D eigenvalue weighted by atomic mass is 10.1. The SMILES string of the molecule is O=C(Cc1ccc(OC(F)F)cc1)NCCCN1CCC(O)CC1. The lowest BCUT2D eigenvalue weighted by molar-refractivity contribution is -0.120. The van der Waals surface area contributed by atoms with E-state index in [-0.39, 0.29) is 24.2 Å². The molecule has 2 N–H and O–H groups in total. The molecular weight excluding hydrogens is 318 g/mol. The first kappa shape index (κ1) is 18.6. The Hall–Kier alpha value is -1.73. The Balaban J connectivity index is 1.61. The summed E-state index contributed by atoms with van der Waals surface area (Å²) in [6, 6.07) is 6.08. The van der Waals surface area contributed by atoms with Crippen molar-refractivity contribution in [2.45, 2.75) is 38.4 Å². The summed E-state index contributed by atoms with van der Waals surface area (Å²) in [5.41, 5.74) is 0.749. The highest BCUT2D eigenvalue weighted by Gasteiger charge is 2.16. The van der Waals surface area contributed by atoms with Crippen LogP contribution in [0.25, 0.3) is 0 Å². The highest BCUT2D eigenvalue weighted by atomic mass is 19.3. The number of aliphatic hydroxyl groups is 1. The molecule has 1 saturated heterocycles. The van der Waals surface area contributed by atoms with Gasteiger partial charge in [-0.05, 0) is 43.5 Å². The molecule has 0 atom stereocenters. The third-order valence-electron chi connectivity index (χ3n) is 4.04. The van der Waals surface area contributed by atoms with E-state index in [9.17, 15) is 18.7 Å². The zero-order valence-electron chi connectivity index (χ0n) is 13.6. The van der Waals surface area contributed by atoms with Crippen molar-refractivity contribution in [3.05, 3.63) is 29.8 Å². The molecule has 0 radical (unpaired) electrons. The predicted octanol–water partition coefficient (Wildman–Crippen LogP) is 1.79. The fourth-order valence-corrected chi connectivity index (χ4v) is 2.71. The molecule has 0 aliphatic carbocycles. The number of piperidine rings is 1. The van der Waals surface area contributed by atoms with Gasteiger partial charge in [-0.1, -0.05) is 12.1 Å². The molecule has 0 bridgehead atoms. The second kappa shape index (κ2) is 9.54. The molecule has 0 unspecified atom stereocenters. The zero-order valence-corrected chi connectivity index (χ0v) is 13.6. The lowest BCUT2D eigenvalue weighted by Crippen LogP contribution is -2.37. The number of halogens is 2. The Morgan fingerprint density at radius 1 is 1.29 bits per heavy atom. The number of likely N-dealkylation sites (tertiary alicyclic amines) is 1. The van der Waals surface area contributed by atoms with Crippen molar-refractivity contribution in [2.24, 2.45) is 0 Å². The Kier molecular flexibility index (Phi) is 7.39. The molecule has 134 valence electrons. The van der Waals surface area contributed by atoms with E-state index in [0.717, 1.165) is 44.5 Å². The highest BCUT2D eigenvalue weighted by Crippen LogP contribution is 2.15. The Bertz CT molecular complexity index is 503. The van der Waals surface area contributed by atoms with Gasteiger partial charge < -0.3 is 20.1 Å². The fourth-order valence-electron chi connectivity index (χ4n) is 2.71. The molecule has 0 spiro atoms. The van der Waals surface area contributed by atoms with Gasteiger partial charge in [-0.25, -0.2) is 0 Å². The van der Waals surface area contributed by atoms with Crippen LogP contribution in [-0.2, 0) is 11.2 Å². The van der Waals surface area contributed by atoms with Crippen molar-refractivity contribution in [1.29, 1.82) is 0 Å². The van der Waals surface area contributed by atoms with Crippen LogP contribution in [0.3, 0.4) is 0 Å². The number of hydrogen-bond donors (Lipinski definition) is 2. The van der Waals surface area contributed by atoms with Gasteiger partial charge in [0.25, 0.3) is 0 Å². The normalized spacial score (nSPS) is 16.3. The molecule has 7 heteroatoms. The van der Waals surface area contributed by atoms with Crippen molar-refractivity contribution >= 4 is 5.91 Å². The van der Waals surface area contributed by atoms with E-state index in [1.54, 1.807) is 12.1 Å². The molecule has 24 heavy (non-hydrogen) atoms. The van der Waals surface area contributed by atoms with Crippen molar-refractivity contribution in [2.75, 3.05) is 26.2 Å². The van der Waals surface area contributed by atoms with E-state index >= 15 is 0 Å². The summed E-state index contributed by atoms with van der Waals surface area (Å²) in [6.45, 7) is 0.476. The summed E-state index contributed by atoms with van der Waals surface area (Å²) in [6.07, 6.45) is 2.54. The van der Waals surface area contributed by atoms with Crippen LogP contribution in [0, 0.1) is 0 Å². The maximum Gasteiger partial charge on any atom is 0.387 e. The zero-order chi connectivity index (χ0) is 17.4. The second-order valence-electron chi connectivity index (χ2n) is 5.98. The lowest BCUT2D eigenvalue weighted by Gasteiger charge is -2.29. The Morgan fingerprint density at radius 3 is 2.58 bits per heavy atom. The number of amides is 1. The number of aliphatic hydroxyl groups excluding tert-OH is 1. The van der Waals surface area contributed by atoms with E-state index in [0.29, 0.717) is 6.54 Å². The molecule has 1 fully saturated rings. The van der Waals surface area contributed by atoms with Gasteiger partial charge in [-0.2, -0.15) is 8.78 Å². The topological polar surface area (TPSA) is 61.8 Å². The molecule has 1 aliphatic rings. The van der Waals surface area contributed by atoms with Gasteiger partial charge in [-0.15, -0.1) is 0 Å². The average molecular weight is 342 g/mol. The van der Waals surface area contributed by atoms with Crippen LogP contribution in [0.4, 0.5) is 8.78 Å². The number of nitrogens with zero attached hydrogens (tertiary/aromatic N) is 1. The third-order valence-corrected chi connectivity index (χ3v) is 4.04. The summed E-state index contributed by atoms with van der Waals surface area (Å²) in [5.74, 6) is -0.00703. The number of ether oxygens (including phenoxy) is 1. The van der Waals surface area contributed by atoms with Gasteiger partial charge in [0.2, 0.25) is 5.91 Å². The van der Waals surface area contributed by atoms with Crippen molar-refractivity contribution in [1.82, 2.24) is 10.2 Å². The molecule has 1 aliphatic heterocycles. The molecule has 1 amide bonds. The van der Waals surface area contributed by atoms with Crippen LogP contribution in [0.2, 0.25) is 0 Å². The number of alkyl halides is 2. The van der Waals surface area contributed by atoms with Crippen LogP contribution < -0.4 is 10.1 Å². The van der Waals surface area contributed by atoms with Gasteiger partial charge in [0.05, 0.1) is 12.5 Å². The Labute approximate surface area is 140 Å². The first-order valence-electron chi connectivity index (χ1n) is 8.24. The monoisotopic (exact) mass is 342 g/mol. The molecule has 2 rings (SSSR count). The van der Waals surface area contributed by atoms with Gasteiger partial charge in [0.15, 0.2) is 0 Å². The second-order valence-corrected chi connectivity index (χ2v) is 5.98. The quantitative estimate of drug-likeness (QED) is 0.707. The largest absolute Gasteiger partial charge is 0.435 e. The third kappa shape index (κ3) is 6.80. The minimum absolute atomic E-state index is 0.0841. The van der Waals surface area contributed by atoms with E-state index in [2.05, 4.69) is 15.0 Å². The smallest absolute Gasteiger partial charge is 0.387 e. The number of carbonyl (C=O) groups excluding carboxylic acids is 1. The molecule has 0 aromatic heterocycles. The minimum atomic E-state index is -2.85. The summed E-state index contributed by atoms with van der Waals surface area (Å²) < 4.78 is 28.4. The van der Waals surface area contributed by atoms with Crippen molar-refractivity contribution in [3.63, 3.8) is 0 Å². The fraction of sp³-hybridized carbons (Fsp3) is 0.588. The van der Waals surface area contributed by atoms with Crippen LogP contribution in [0.5, 0.6) is 5.75 Å². The van der Waals surface area contributed by atoms with Crippen LogP contribution >= 0.6 is 0 Å². The maximum atomic E-state index is 12.1. The first-order valence-corrected chi connectivity index (χ1v) is 8.24. The highest BCUT2D eigenvalue weighted by molar-refractivity contribution is 5.78. The molecule has 1 heterocycles. The molecule has 1 aromatic carbocycles. The van der Waals surface area contributed by atoms with E-state index in [1.165, 1.54) is 12.1 Å². The number of nitrogens with one attached hydrogen (secondary N) is 1. The van der Waals surface area contributed by atoms with Gasteiger partial charge >= 0.3 is 6.61 Å². The number of benzene rings is 1. The van der Waals surface area contributed by atoms with Crippen LogP contribution in [-0.4, -0.2) is 54.8 Å². The van der Waals surface area contributed by atoms with Crippen molar-refractivity contribution < 1.29 is 23.4 Å². The number of carbonyl (C=O) groups is 1. The molecular formula is C17H24F2N2O3. The minimum Gasteiger partial charge on any atom is -0.435 e. The maximum absolute atomic E-state index is 12.1. The van der Waals surface area contributed by atoms with Crippen LogP contribution in [0.1, 0.15) is 24.8 Å². The Morgan fingerprint density at radius 2 is 1.96 bits per heavy atom. The standard InChI is InChI=1S/C17H24F2N2O3/c18-17(19)24-15-4-2-13(3-5-15)12-16(23)20-8-1-9-21-10-6-14(22)7-11-21/h2-5,14,17,22H,1,6-12H2,(H,20,23). The van der Waals surface area contributed by atoms with Crippen LogP contribution in [0.15, 0.2) is 24.3 Å². The van der Waals surface area contributed by atoms with E-state index < -0.39 is 6.61 Å². The average Bonchev–Trinajstić information content (AvgIpc) is 2.55. The van der Waals surface area contributed by atoms with Gasteiger partial charge in [-0.3, -0.25) is 4.79 Å². The van der Waals surface area contributed by atoms with E-state index in [4.69, 9.17) is 0 Å². The predicted molar refractivity (Wildman–Crippen MR) is 86.1 cm³/mol. The summed E-state index contributed by atoms with van der Waals surface area (Å²) in [4.78, 5) is 14.2. The summed E-state index contributed by atoms with van der Waals surface area (Å²) in [7, 11) is 0. The van der Waals surface area contributed by atoms with Gasteiger partial charge in [0.1, 0.15) is 5.75 Å². The summed E-state index contributed by atoms with van der Waals surface area (Å²) in [5, 5.41) is 12.3.